The Morgan fingerprint density at radius 2 is 1.78 bits per heavy atom. The highest BCUT2D eigenvalue weighted by molar-refractivity contribution is 5.72. The number of rotatable bonds is 5. The number of piperazine rings is 1. The molecule has 3 aromatic rings. The number of aromatic amines is 1. The maximum atomic E-state index is 5.26. The minimum Gasteiger partial charge on any atom is -0.497 e. The summed E-state index contributed by atoms with van der Waals surface area (Å²) in [6.07, 6.45) is 7.39. The smallest absolute Gasteiger partial charge is 0.155 e. The second-order valence-corrected chi connectivity index (χ2v) is 6.69. The number of nitrogens with one attached hydrogen (secondary N) is 1. The van der Waals surface area contributed by atoms with E-state index in [-0.39, 0.29) is 0 Å². The van der Waals surface area contributed by atoms with Gasteiger partial charge in [-0.2, -0.15) is 5.10 Å². The standard InChI is InChI=1S/C20H24N6O/c1-15(17-13-23-24-14-17)25-9-11-26(12-10-25)20-19(21-7-8-22-20)16-3-5-18(27-2)6-4-16/h3-8,13-15H,9-12H2,1-2H3,(H,23,24). The van der Waals surface area contributed by atoms with Crippen LogP contribution in [0, 0.1) is 0 Å². The molecule has 2 aromatic heterocycles. The fraction of sp³-hybridized carbons (Fsp3) is 0.350. The molecule has 3 heterocycles. The van der Waals surface area contributed by atoms with Crippen molar-refractivity contribution in [3.63, 3.8) is 0 Å². The number of benzene rings is 1. The topological polar surface area (TPSA) is 70.2 Å². The molecule has 4 rings (SSSR count). The van der Waals surface area contributed by atoms with Crippen LogP contribution in [0.25, 0.3) is 11.3 Å². The van der Waals surface area contributed by atoms with E-state index in [1.165, 1.54) is 5.56 Å². The molecule has 1 aliphatic rings. The molecule has 7 heteroatoms. The van der Waals surface area contributed by atoms with Gasteiger partial charge in [-0.25, -0.2) is 4.98 Å². The van der Waals surface area contributed by atoms with Crippen LogP contribution in [0.3, 0.4) is 0 Å². The van der Waals surface area contributed by atoms with Gasteiger partial charge in [0, 0.05) is 61.9 Å². The number of methoxy groups -OCH3 is 1. The molecule has 1 aromatic carbocycles. The molecule has 1 aliphatic heterocycles. The highest BCUT2D eigenvalue weighted by Crippen LogP contribution is 2.29. The van der Waals surface area contributed by atoms with Crippen molar-refractivity contribution in [2.24, 2.45) is 0 Å². The van der Waals surface area contributed by atoms with E-state index in [0.29, 0.717) is 6.04 Å². The van der Waals surface area contributed by atoms with E-state index in [1.807, 2.05) is 36.7 Å². The second kappa shape index (κ2) is 7.75. The Morgan fingerprint density at radius 3 is 2.44 bits per heavy atom. The van der Waals surface area contributed by atoms with Crippen molar-refractivity contribution in [1.82, 2.24) is 25.1 Å². The summed E-state index contributed by atoms with van der Waals surface area (Å²) in [6.45, 7) is 6.02. The normalized spacial score (nSPS) is 16.3. The van der Waals surface area contributed by atoms with Crippen LogP contribution < -0.4 is 9.64 Å². The van der Waals surface area contributed by atoms with Gasteiger partial charge >= 0.3 is 0 Å². The van der Waals surface area contributed by atoms with E-state index < -0.39 is 0 Å². The second-order valence-electron chi connectivity index (χ2n) is 6.69. The SMILES string of the molecule is COc1ccc(-c2nccnc2N2CCN(C(C)c3cn[nH]c3)CC2)cc1. The number of hydrogen-bond acceptors (Lipinski definition) is 6. The van der Waals surface area contributed by atoms with Gasteiger partial charge in [0.2, 0.25) is 0 Å². The first-order valence-corrected chi connectivity index (χ1v) is 9.19. The number of aromatic nitrogens is 4. The lowest BCUT2D eigenvalue weighted by Gasteiger charge is -2.38. The van der Waals surface area contributed by atoms with Crippen LogP contribution >= 0.6 is 0 Å². The number of nitrogens with zero attached hydrogens (tertiary/aromatic N) is 5. The molecule has 1 unspecified atom stereocenters. The van der Waals surface area contributed by atoms with Crippen LogP contribution in [0.5, 0.6) is 5.75 Å². The highest BCUT2D eigenvalue weighted by Gasteiger charge is 2.25. The fourth-order valence-electron chi connectivity index (χ4n) is 3.54. The molecule has 0 bridgehead atoms. The Hall–Kier alpha value is -2.93. The van der Waals surface area contributed by atoms with Crippen LogP contribution in [0.15, 0.2) is 49.1 Å². The first-order chi connectivity index (χ1) is 13.3. The van der Waals surface area contributed by atoms with Gasteiger partial charge in [0.25, 0.3) is 0 Å². The Balaban J connectivity index is 1.50. The molecule has 0 radical (unpaired) electrons. The molecular weight excluding hydrogens is 340 g/mol. The average Bonchev–Trinajstić information content (AvgIpc) is 3.28. The summed E-state index contributed by atoms with van der Waals surface area (Å²) in [5.41, 5.74) is 3.19. The summed E-state index contributed by atoms with van der Waals surface area (Å²) >= 11 is 0. The van der Waals surface area contributed by atoms with Crippen molar-refractivity contribution in [3.05, 3.63) is 54.6 Å². The first kappa shape index (κ1) is 17.5. The third-order valence-corrected chi connectivity index (χ3v) is 5.21. The summed E-state index contributed by atoms with van der Waals surface area (Å²) in [6, 6.07) is 8.33. The van der Waals surface area contributed by atoms with E-state index in [9.17, 15) is 0 Å². The zero-order chi connectivity index (χ0) is 18.6. The van der Waals surface area contributed by atoms with Crippen LogP contribution in [-0.2, 0) is 0 Å². The maximum absolute atomic E-state index is 5.26. The van der Waals surface area contributed by atoms with Crippen molar-refractivity contribution < 1.29 is 4.74 Å². The van der Waals surface area contributed by atoms with Crippen molar-refractivity contribution in [2.45, 2.75) is 13.0 Å². The first-order valence-electron chi connectivity index (χ1n) is 9.19. The lowest BCUT2D eigenvalue weighted by Crippen LogP contribution is -2.47. The lowest BCUT2D eigenvalue weighted by molar-refractivity contribution is 0.198. The van der Waals surface area contributed by atoms with E-state index >= 15 is 0 Å². The van der Waals surface area contributed by atoms with Crippen LogP contribution in [0.2, 0.25) is 0 Å². The number of hydrogen-bond donors (Lipinski definition) is 1. The molecule has 0 saturated carbocycles. The van der Waals surface area contributed by atoms with Gasteiger partial charge in [0.1, 0.15) is 11.4 Å². The Kier molecular flexibility index (Phi) is 5.02. The molecular formula is C20H24N6O. The lowest BCUT2D eigenvalue weighted by atomic mass is 10.1. The van der Waals surface area contributed by atoms with Gasteiger partial charge in [-0.15, -0.1) is 0 Å². The van der Waals surface area contributed by atoms with E-state index in [2.05, 4.69) is 36.9 Å². The summed E-state index contributed by atoms with van der Waals surface area (Å²) in [5, 5.41) is 6.97. The van der Waals surface area contributed by atoms with Crippen LogP contribution in [-0.4, -0.2) is 58.4 Å². The molecule has 140 valence electrons. The predicted molar refractivity (Wildman–Crippen MR) is 105 cm³/mol. The summed E-state index contributed by atoms with van der Waals surface area (Å²) in [7, 11) is 1.67. The van der Waals surface area contributed by atoms with Crippen molar-refractivity contribution in [1.29, 1.82) is 0 Å². The Labute approximate surface area is 159 Å². The molecule has 1 N–H and O–H groups in total. The van der Waals surface area contributed by atoms with Crippen LogP contribution in [0.4, 0.5) is 5.82 Å². The minimum absolute atomic E-state index is 0.355. The predicted octanol–water partition coefficient (Wildman–Crippen LogP) is 2.76. The molecule has 7 nitrogen and oxygen atoms in total. The largest absolute Gasteiger partial charge is 0.497 e. The van der Waals surface area contributed by atoms with Gasteiger partial charge in [-0.3, -0.25) is 15.0 Å². The molecule has 0 amide bonds. The summed E-state index contributed by atoms with van der Waals surface area (Å²) in [4.78, 5) is 14.0. The zero-order valence-corrected chi connectivity index (χ0v) is 15.7. The third kappa shape index (κ3) is 3.64. The molecule has 1 saturated heterocycles. The fourth-order valence-corrected chi connectivity index (χ4v) is 3.54. The van der Waals surface area contributed by atoms with E-state index in [1.54, 1.807) is 19.5 Å². The van der Waals surface area contributed by atoms with Gasteiger partial charge in [-0.1, -0.05) is 0 Å². The number of ether oxygens (including phenoxy) is 1. The van der Waals surface area contributed by atoms with Crippen molar-refractivity contribution in [3.8, 4) is 17.0 Å². The third-order valence-electron chi connectivity index (χ3n) is 5.21. The average molecular weight is 364 g/mol. The van der Waals surface area contributed by atoms with Crippen LogP contribution in [0.1, 0.15) is 18.5 Å². The number of anilines is 1. The zero-order valence-electron chi connectivity index (χ0n) is 15.7. The summed E-state index contributed by atoms with van der Waals surface area (Å²) in [5.74, 6) is 1.78. The molecule has 1 atom stereocenters. The molecule has 0 aliphatic carbocycles. The monoisotopic (exact) mass is 364 g/mol. The minimum atomic E-state index is 0.355. The summed E-state index contributed by atoms with van der Waals surface area (Å²) < 4.78 is 5.26. The van der Waals surface area contributed by atoms with Crippen molar-refractivity contribution in [2.75, 3.05) is 38.2 Å². The molecule has 27 heavy (non-hydrogen) atoms. The van der Waals surface area contributed by atoms with Gasteiger partial charge in [0.15, 0.2) is 5.82 Å². The number of H-pyrrole nitrogens is 1. The van der Waals surface area contributed by atoms with Gasteiger partial charge < -0.3 is 9.64 Å². The van der Waals surface area contributed by atoms with E-state index in [0.717, 1.165) is 49.0 Å². The van der Waals surface area contributed by atoms with Gasteiger partial charge in [0.05, 0.1) is 13.3 Å². The molecule has 1 fully saturated rings. The highest BCUT2D eigenvalue weighted by atomic mass is 16.5. The Morgan fingerprint density at radius 1 is 1.04 bits per heavy atom. The van der Waals surface area contributed by atoms with E-state index in [4.69, 9.17) is 4.74 Å². The van der Waals surface area contributed by atoms with Crippen molar-refractivity contribution >= 4 is 5.82 Å². The Bertz CT molecular complexity index is 856. The molecule has 0 spiro atoms. The maximum Gasteiger partial charge on any atom is 0.155 e. The quantitative estimate of drug-likeness (QED) is 0.751. The van der Waals surface area contributed by atoms with Gasteiger partial charge in [-0.05, 0) is 31.2 Å².